The lowest BCUT2D eigenvalue weighted by Gasteiger charge is -2.14. The molecule has 1 atom stereocenters. The molecule has 0 saturated carbocycles. The molecule has 0 aliphatic carbocycles. The molecule has 0 saturated heterocycles. The SMILES string of the molecule is COC(C(=O)Nc1cnn(Cc2cn3ccccc3n2)c1)c1ccccc1. The van der Waals surface area contributed by atoms with E-state index < -0.39 is 6.10 Å². The van der Waals surface area contributed by atoms with Crippen molar-refractivity contribution < 1.29 is 9.53 Å². The van der Waals surface area contributed by atoms with Crippen LogP contribution < -0.4 is 5.32 Å². The third-order valence-electron chi connectivity index (χ3n) is 4.21. The van der Waals surface area contributed by atoms with Crippen molar-refractivity contribution in [1.29, 1.82) is 0 Å². The van der Waals surface area contributed by atoms with Crippen molar-refractivity contribution in [3.05, 3.63) is 84.6 Å². The summed E-state index contributed by atoms with van der Waals surface area (Å²) in [5.41, 5.74) is 3.19. The van der Waals surface area contributed by atoms with Crippen molar-refractivity contribution in [2.75, 3.05) is 12.4 Å². The first-order chi connectivity index (χ1) is 13.2. The number of anilines is 1. The molecule has 7 nitrogen and oxygen atoms in total. The molecule has 0 spiro atoms. The topological polar surface area (TPSA) is 73.5 Å². The Balaban J connectivity index is 1.45. The Bertz CT molecular complexity index is 1020. The van der Waals surface area contributed by atoms with E-state index in [0.29, 0.717) is 12.2 Å². The molecule has 136 valence electrons. The van der Waals surface area contributed by atoms with Crippen LogP contribution in [0.3, 0.4) is 0 Å². The molecule has 0 bridgehead atoms. The Labute approximate surface area is 156 Å². The van der Waals surface area contributed by atoms with Crippen LogP contribution in [0.1, 0.15) is 17.4 Å². The number of benzene rings is 1. The maximum absolute atomic E-state index is 12.5. The fourth-order valence-corrected chi connectivity index (χ4v) is 2.97. The maximum atomic E-state index is 12.5. The van der Waals surface area contributed by atoms with Crippen LogP contribution in [-0.2, 0) is 16.1 Å². The van der Waals surface area contributed by atoms with E-state index in [1.54, 1.807) is 17.1 Å². The first-order valence-corrected chi connectivity index (χ1v) is 8.56. The molecule has 0 aliphatic rings. The number of nitrogens with zero attached hydrogens (tertiary/aromatic N) is 4. The minimum atomic E-state index is -0.673. The second-order valence-corrected chi connectivity index (χ2v) is 6.14. The number of carbonyl (C=O) groups is 1. The molecule has 3 heterocycles. The lowest BCUT2D eigenvalue weighted by molar-refractivity contribution is -0.126. The number of hydrogen-bond acceptors (Lipinski definition) is 4. The van der Waals surface area contributed by atoms with Crippen LogP contribution in [0.15, 0.2) is 73.3 Å². The zero-order valence-electron chi connectivity index (χ0n) is 14.8. The summed E-state index contributed by atoms with van der Waals surface area (Å²) in [5, 5.41) is 7.16. The van der Waals surface area contributed by atoms with Gasteiger partial charge in [-0.25, -0.2) is 4.98 Å². The molecule has 1 amide bonds. The lowest BCUT2D eigenvalue weighted by Crippen LogP contribution is -2.22. The fourth-order valence-electron chi connectivity index (χ4n) is 2.97. The number of nitrogens with one attached hydrogen (secondary N) is 1. The van der Waals surface area contributed by atoms with E-state index in [0.717, 1.165) is 16.9 Å². The summed E-state index contributed by atoms with van der Waals surface area (Å²) < 4.78 is 9.06. The summed E-state index contributed by atoms with van der Waals surface area (Å²) >= 11 is 0. The highest BCUT2D eigenvalue weighted by Gasteiger charge is 2.20. The number of ether oxygens (including phenoxy) is 1. The number of amides is 1. The second-order valence-electron chi connectivity index (χ2n) is 6.14. The van der Waals surface area contributed by atoms with E-state index in [1.165, 1.54) is 7.11 Å². The molecular weight excluding hydrogens is 342 g/mol. The number of rotatable bonds is 6. The molecule has 0 radical (unpaired) electrons. The number of aromatic nitrogens is 4. The largest absolute Gasteiger partial charge is 0.367 e. The summed E-state index contributed by atoms with van der Waals surface area (Å²) in [4.78, 5) is 17.1. The highest BCUT2D eigenvalue weighted by Crippen LogP contribution is 2.19. The summed E-state index contributed by atoms with van der Waals surface area (Å²) in [7, 11) is 1.52. The third-order valence-corrected chi connectivity index (χ3v) is 4.21. The standard InChI is InChI=1S/C20H19N5O2/c1-27-19(15-7-3-2-4-8-15)20(26)23-16-11-21-25(13-16)14-17-12-24-10-6-5-9-18(24)22-17/h2-13,19H,14H2,1H3,(H,23,26). The van der Waals surface area contributed by atoms with Gasteiger partial charge in [0.15, 0.2) is 6.10 Å². The van der Waals surface area contributed by atoms with Gasteiger partial charge in [0.1, 0.15) is 5.65 Å². The van der Waals surface area contributed by atoms with Crippen molar-refractivity contribution in [3.63, 3.8) is 0 Å². The predicted octanol–water partition coefficient (Wildman–Crippen LogP) is 2.91. The van der Waals surface area contributed by atoms with Crippen molar-refractivity contribution in [3.8, 4) is 0 Å². The molecule has 0 fully saturated rings. The van der Waals surface area contributed by atoms with E-state index in [-0.39, 0.29) is 5.91 Å². The summed E-state index contributed by atoms with van der Waals surface area (Å²) in [6.45, 7) is 0.518. The number of pyridine rings is 1. The number of hydrogen-bond donors (Lipinski definition) is 1. The Morgan fingerprint density at radius 3 is 2.74 bits per heavy atom. The highest BCUT2D eigenvalue weighted by molar-refractivity contribution is 5.94. The normalized spacial score (nSPS) is 12.2. The second kappa shape index (κ2) is 7.43. The van der Waals surface area contributed by atoms with E-state index in [1.807, 2.05) is 65.3 Å². The Morgan fingerprint density at radius 2 is 1.96 bits per heavy atom. The molecule has 7 heteroatoms. The molecule has 1 N–H and O–H groups in total. The van der Waals surface area contributed by atoms with Crippen molar-refractivity contribution >= 4 is 17.2 Å². The van der Waals surface area contributed by atoms with Gasteiger partial charge in [0.2, 0.25) is 0 Å². The highest BCUT2D eigenvalue weighted by atomic mass is 16.5. The zero-order valence-corrected chi connectivity index (χ0v) is 14.8. The number of fused-ring (bicyclic) bond motifs is 1. The zero-order chi connectivity index (χ0) is 18.6. The number of imidazole rings is 1. The van der Waals surface area contributed by atoms with Gasteiger partial charge in [0.05, 0.1) is 24.1 Å². The van der Waals surface area contributed by atoms with Crippen LogP contribution in [0.4, 0.5) is 5.69 Å². The maximum Gasteiger partial charge on any atom is 0.258 e. The molecular formula is C20H19N5O2. The first-order valence-electron chi connectivity index (χ1n) is 8.56. The van der Waals surface area contributed by atoms with Gasteiger partial charge in [0, 0.05) is 25.7 Å². The van der Waals surface area contributed by atoms with Crippen LogP contribution in [0.2, 0.25) is 0 Å². The van der Waals surface area contributed by atoms with Crippen LogP contribution >= 0.6 is 0 Å². The van der Waals surface area contributed by atoms with Gasteiger partial charge in [-0.15, -0.1) is 0 Å². The van der Waals surface area contributed by atoms with Crippen LogP contribution in [0.25, 0.3) is 5.65 Å². The predicted molar refractivity (Wildman–Crippen MR) is 101 cm³/mol. The average Bonchev–Trinajstić information content (AvgIpc) is 3.29. The number of methoxy groups -OCH3 is 1. The van der Waals surface area contributed by atoms with Gasteiger partial charge >= 0.3 is 0 Å². The molecule has 4 aromatic rings. The number of carbonyl (C=O) groups excluding carboxylic acids is 1. The van der Waals surface area contributed by atoms with E-state index in [4.69, 9.17) is 4.74 Å². The van der Waals surface area contributed by atoms with Gasteiger partial charge in [-0.2, -0.15) is 5.10 Å². The van der Waals surface area contributed by atoms with Crippen LogP contribution in [-0.4, -0.2) is 32.2 Å². The van der Waals surface area contributed by atoms with Crippen molar-refractivity contribution in [2.24, 2.45) is 0 Å². The third kappa shape index (κ3) is 3.73. The van der Waals surface area contributed by atoms with Gasteiger partial charge in [-0.3, -0.25) is 9.48 Å². The van der Waals surface area contributed by atoms with Gasteiger partial charge in [0.25, 0.3) is 5.91 Å². The molecule has 4 rings (SSSR count). The first kappa shape index (κ1) is 17.0. The fraction of sp³-hybridized carbons (Fsp3) is 0.150. The minimum absolute atomic E-state index is 0.240. The average molecular weight is 361 g/mol. The van der Waals surface area contributed by atoms with Gasteiger partial charge in [-0.05, 0) is 17.7 Å². The lowest BCUT2D eigenvalue weighted by atomic mass is 10.1. The molecule has 3 aromatic heterocycles. The molecule has 1 aromatic carbocycles. The van der Waals surface area contributed by atoms with Crippen molar-refractivity contribution in [1.82, 2.24) is 19.2 Å². The summed E-state index contributed by atoms with van der Waals surface area (Å²) in [6, 6.07) is 15.2. The van der Waals surface area contributed by atoms with Crippen LogP contribution in [0.5, 0.6) is 0 Å². The van der Waals surface area contributed by atoms with Crippen molar-refractivity contribution in [2.45, 2.75) is 12.6 Å². The molecule has 27 heavy (non-hydrogen) atoms. The quantitative estimate of drug-likeness (QED) is 0.573. The summed E-state index contributed by atoms with van der Waals surface area (Å²) in [6.07, 6.45) is 6.64. The van der Waals surface area contributed by atoms with Crippen LogP contribution in [0, 0.1) is 0 Å². The van der Waals surface area contributed by atoms with E-state index in [9.17, 15) is 4.79 Å². The Hall–Kier alpha value is -3.45. The summed E-state index contributed by atoms with van der Waals surface area (Å²) in [5.74, 6) is -0.240. The molecule has 0 aliphatic heterocycles. The minimum Gasteiger partial charge on any atom is -0.367 e. The van der Waals surface area contributed by atoms with Gasteiger partial charge in [-0.1, -0.05) is 36.4 Å². The molecule has 1 unspecified atom stereocenters. The smallest absolute Gasteiger partial charge is 0.258 e. The Morgan fingerprint density at radius 1 is 1.15 bits per heavy atom. The van der Waals surface area contributed by atoms with Gasteiger partial charge < -0.3 is 14.5 Å². The monoisotopic (exact) mass is 361 g/mol. The Kier molecular flexibility index (Phi) is 4.67. The van der Waals surface area contributed by atoms with E-state index in [2.05, 4.69) is 15.4 Å². The van der Waals surface area contributed by atoms with E-state index >= 15 is 0 Å².